The molecule has 2 amide bonds. The van der Waals surface area contributed by atoms with Crippen LogP contribution in [-0.4, -0.2) is 47.1 Å². The molecule has 1 saturated carbocycles. The Hall–Kier alpha value is -1.10. The van der Waals surface area contributed by atoms with Gasteiger partial charge in [0.25, 0.3) is 0 Å². The van der Waals surface area contributed by atoms with Crippen LogP contribution in [0.4, 0.5) is 0 Å². The van der Waals surface area contributed by atoms with Crippen molar-refractivity contribution in [2.45, 2.75) is 76.7 Å². The molecule has 0 unspecified atom stereocenters. The predicted molar refractivity (Wildman–Crippen MR) is 89.9 cm³/mol. The van der Waals surface area contributed by atoms with E-state index >= 15 is 0 Å². The van der Waals surface area contributed by atoms with Gasteiger partial charge in [0.05, 0.1) is 12.0 Å². The lowest BCUT2D eigenvalue weighted by Crippen LogP contribution is -2.46. The molecule has 2 N–H and O–H groups in total. The van der Waals surface area contributed by atoms with Gasteiger partial charge in [-0.3, -0.25) is 9.59 Å². The quantitative estimate of drug-likeness (QED) is 0.736. The number of unbranched alkanes of at least 4 members (excludes halogenated alkanes) is 1. The van der Waals surface area contributed by atoms with Gasteiger partial charge in [0.2, 0.25) is 11.8 Å². The van der Waals surface area contributed by atoms with Crippen LogP contribution in [0.1, 0.15) is 71.1 Å². The van der Waals surface area contributed by atoms with E-state index in [1.165, 1.54) is 0 Å². The summed E-state index contributed by atoms with van der Waals surface area (Å²) in [5.74, 6) is 0.226. The zero-order valence-electron chi connectivity index (χ0n) is 14.5. The Bertz CT molecular complexity index is 397. The molecular formula is C18H32N2O3. The van der Waals surface area contributed by atoms with E-state index in [0.29, 0.717) is 13.1 Å². The molecular weight excluding hydrogens is 292 g/mol. The van der Waals surface area contributed by atoms with Crippen molar-refractivity contribution in [2.24, 2.45) is 5.92 Å². The monoisotopic (exact) mass is 324 g/mol. The summed E-state index contributed by atoms with van der Waals surface area (Å²) in [4.78, 5) is 26.3. The highest BCUT2D eigenvalue weighted by molar-refractivity contribution is 5.80. The zero-order chi connectivity index (χ0) is 16.7. The second-order valence-corrected chi connectivity index (χ2v) is 7.26. The number of aliphatic hydroxyl groups is 1. The van der Waals surface area contributed by atoms with Gasteiger partial charge < -0.3 is 15.3 Å². The van der Waals surface area contributed by atoms with Crippen LogP contribution in [0.15, 0.2) is 0 Å². The fourth-order valence-corrected chi connectivity index (χ4v) is 3.70. The molecule has 0 atom stereocenters. The number of rotatable bonds is 6. The van der Waals surface area contributed by atoms with Crippen LogP contribution in [0.5, 0.6) is 0 Å². The van der Waals surface area contributed by atoms with Crippen molar-refractivity contribution in [3.8, 4) is 0 Å². The first-order valence-corrected chi connectivity index (χ1v) is 9.32. The molecule has 1 aliphatic carbocycles. The van der Waals surface area contributed by atoms with Gasteiger partial charge in [0.1, 0.15) is 0 Å². The van der Waals surface area contributed by atoms with Crippen molar-refractivity contribution in [3.63, 3.8) is 0 Å². The Morgan fingerprint density at radius 2 is 1.83 bits per heavy atom. The van der Waals surface area contributed by atoms with E-state index in [9.17, 15) is 14.7 Å². The molecule has 0 aromatic rings. The van der Waals surface area contributed by atoms with Gasteiger partial charge in [-0.25, -0.2) is 0 Å². The summed E-state index contributed by atoms with van der Waals surface area (Å²) < 4.78 is 0. The van der Waals surface area contributed by atoms with Gasteiger partial charge in [0, 0.05) is 25.6 Å². The van der Waals surface area contributed by atoms with Crippen LogP contribution in [-0.2, 0) is 9.59 Å². The predicted octanol–water partition coefficient (Wildman–Crippen LogP) is 2.23. The maximum absolute atomic E-state index is 12.4. The third-order valence-electron chi connectivity index (χ3n) is 5.31. The molecule has 2 rings (SSSR count). The first kappa shape index (κ1) is 18.2. The molecule has 5 nitrogen and oxygen atoms in total. The number of carbonyl (C=O) groups is 2. The number of hydrogen-bond acceptors (Lipinski definition) is 3. The molecule has 1 saturated heterocycles. The smallest absolute Gasteiger partial charge is 0.225 e. The molecule has 0 radical (unpaired) electrons. The van der Waals surface area contributed by atoms with E-state index < -0.39 is 5.60 Å². The van der Waals surface area contributed by atoms with E-state index in [2.05, 4.69) is 12.2 Å². The van der Waals surface area contributed by atoms with Gasteiger partial charge in [-0.15, -0.1) is 0 Å². The summed E-state index contributed by atoms with van der Waals surface area (Å²) in [6, 6.07) is 0. The Labute approximate surface area is 139 Å². The lowest BCUT2D eigenvalue weighted by Gasteiger charge is -2.36. The van der Waals surface area contributed by atoms with Crippen LogP contribution in [0.3, 0.4) is 0 Å². The van der Waals surface area contributed by atoms with Crippen molar-refractivity contribution in [2.75, 3.05) is 19.6 Å². The Balaban J connectivity index is 1.73. The molecule has 2 fully saturated rings. The number of hydrogen-bond donors (Lipinski definition) is 2. The number of carbonyl (C=O) groups excluding carboxylic acids is 2. The minimum absolute atomic E-state index is 0.0358. The van der Waals surface area contributed by atoms with Crippen molar-refractivity contribution in [3.05, 3.63) is 0 Å². The Kier molecular flexibility index (Phi) is 6.88. The summed E-state index contributed by atoms with van der Waals surface area (Å²) in [6.45, 7) is 4.14. The topological polar surface area (TPSA) is 69.6 Å². The molecule has 0 bridgehead atoms. The van der Waals surface area contributed by atoms with Crippen LogP contribution in [0.2, 0.25) is 0 Å². The number of piperidine rings is 1. The molecule has 5 heteroatoms. The van der Waals surface area contributed by atoms with Crippen molar-refractivity contribution >= 4 is 11.8 Å². The fourth-order valence-electron chi connectivity index (χ4n) is 3.70. The van der Waals surface area contributed by atoms with Gasteiger partial charge in [0.15, 0.2) is 0 Å². The molecule has 0 spiro atoms. The maximum Gasteiger partial charge on any atom is 0.225 e. The highest BCUT2D eigenvalue weighted by Crippen LogP contribution is 2.32. The standard InChI is InChI=1S/C18H32N2O3/c1-2-3-11-19-17(22)15-7-12-20(13-8-15)16(21)14-18(23)9-5-4-6-10-18/h15,23H,2-14H2,1H3,(H,19,22). The van der Waals surface area contributed by atoms with E-state index in [-0.39, 0.29) is 24.2 Å². The van der Waals surface area contributed by atoms with Gasteiger partial charge in [-0.1, -0.05) is 32.6 Å². The number of amides is 2. The van der Waals surface area contributed by atoms with E-state index in [1.54, 1.807) is 0 Å². The van der Waals surface area contributed by atoms with Gasteiger partial charge >= 0.3 is 0 Å². The van der Waals surface area contributed by atoms with Crippen LogP contribution in [0, 0.1) is 5.92 Å². The third-order valence-corrected chi connectivity index (χ3v) is 5.31. The SMILES string of the molecule is CCCCNC(=O)C1CCN(C(=O)CC2(O)CCCCC2)CC1. The molecule has 2 aliphatic rings. The van der Waals surface area contributed by atoms with Gasteiger partial charge in [-0.05, 0) is 32.1 Å². The number of nitrogens with one attached hydrogen (secondary N) is 1. The second kappa shape index (κ2) is 8.67. The molecule has 132 valence electrons. The van der Waals surface area contributed by atoms with Crippen LogP contribution < -0.4 is 5.32 Å². The lowest BCUT2D eigenvalue weighted by atomic mass is 9.82. The van der Waals surface area contributed by atoms with Gasteiger partial charge in [-0.2, -0.15) is 0 Å². The summed E-state index contributed by atoms with van der Waals surface area (Å²) in [7, 11) is 0. The Morgan fingerprint density at radius 3 is 2.43 bits per heavy atom. The van der Waals surface area contributed by atoms with Crippen LogP contribution in [0.25, 0.3) is 0 Å². The highest BCUT2D eigenvalue weighted by atomic mass is 16.3. The Morgan fingerprint density at radius 1 is 1.17 bits per heavy atom. The first-order valence-electron chi connectivity index (χ1n) is 9.32. The molecule has 0 aromatic carbocycles. The maximum atomic E-state index is 12.4. The second-order valence-electron chi connectivity index (χ2n) is 7.26. The summed E-state index contributed by atoms with van der Waals surface area (Å²) in [5.41, 5.74) is -0.788. The lowest BCUT2D eigenvalue weighted by molar-refractivity contribution is -0.141. The number of likely N-dealkylation sites (tertiary alicyclic amines) is 1. The molecule has 1 aliphatic heterocycles. The average Bonchev–Trinajstić information content (AvgIpc) is 2.55. The summed E-state index contributed by atoms with van der Waals surface area (Å²) in [5, 5.41) is 13.5. The highest BCUT2D eigenvalue weighted by Gasteiger charge is 2.35. The minimum Gasteiger partial charge on any atom is -0.389 e. The first-order chi connectivity index (χ1) is 11.0. The largest absolute Gasteiger partial charge is 0.389 e. The van der Waals surface area contributed by atoms with Crippen molar-refractivity contribution in [1.29, 1.82) is 0 Å². The zero-order valence-corrected chi connectivity index (χ0v) is 14.5. The van der Waals surface area contributed by atoms with E-state index in [0.717, 1.165) is 64.3 Å². The normalized spacial score (nSPS) is 21.9. The molecule has 23 heavy (non-hydrogen) atoms. The van der Waals surface area contributed by atoms with Crippen molar-refractivity contribution in [1.82, 2.24) is 10.2 Å². The minimum atomic E-state index is -0.788. The van der Waals surface area contributed by atoms with Crippen LogP contribution >= 0.6 is 0 Å². The molecule has 1 heterocycles. The summed E-state index contributed by atoms with van der Waals surface area (Å²) >= 11 is 0. The van der Waals surface area contributed by atoms with E-state index in [4.69, 9.17) is 0 Å². The third kappa shape index (κ3) is 5.48. The number of nitrogens with zero attached hydrogens (tertiary/aromatic N) is 1. The van der Waals surface area contributed by atoms with E-state index in [1.807, 2.05) is 4.90 Å². The average molecular weight is 324 g/mol. The van der Waals surface area contributed by atoms with Crippen molar-refractivity contribution < 1.29 is 14.7 Å². The molecule has 0 aromatic heterocycles. The fraction of sp³-hybridized carbons (Fsp3) is 0.889. The summed E-state index contributed by atoms with van der Waals surface area (Å²) in [6.07, 6.45) is 8.51.